The van der Waals surface area contributed by atoms with Gasteiger partial charge in [0.05, 0.1) is 12.8 Å². The second kappa shape index (κ2) is 21.1. The number of aryl methyl sites for hydroxylation is 1. The van der Waals surface area contributed by atoms with Crippen molar-refractivity contribution in [1.82, 2.24) is 0 Å². The van der Waals surface area contributed by atoms with Gasteiger partial charge in [-0.1, -0.05) is 127 Å². The molecule has 0 aliphatic heterocycles. The van der Waals surface area contributed by atoms with Crippen molar-refractivity contribution in [1.29, 1.82) is 0 Å². The van der Waals surface area contributed by atoms with Gasteiger partial charge in [-0.3, -0.25) is 9.59 Å². The van der Waals surface area contributed by atoms with Crippen LogP contribution in [0.3, 0.4) is 0 Å². The number of hydrogen-bond donors (Lipinski definition) is 2. The maximum atomic E-state index is 12.4. The van der Waals surface area contributed by atoms with Crippen LogP contribution < -0.4 is 24.3 Å². The van der Waals surface area contributed by atoms with E-state index in [9.17, 15) is 9.59 Å². The number of anilines is 1. The summed E-state index contributed by atoms with van der Waals surface area (Å²) in [5.41, 5.74) is 5.82. The van der Waals surface area contributed by atoms with Gasteiger partial charge in [0.25, 0.3) is 0 Å². The van der Waals surface area contributed by atoms with Gasteiger partial charge in [-0.05, 0) is 135 Å². The van der Waals surface area contributed by atoms with Gasteiger partial charge in [-0.25, -0.2) is 0 Å². The zero-order chi connectivity index (χ0) is 44.8. The van der Waals surface area contributed by atoms with E-state index in [4.69, 9.17) is 24.1 Å². The van der Waals surface area contributed by atoms with Gasteiger partial charge in [0, 0.05) is 5.69 Å². The third kappa shape index (κ3) is 12.6. The Kier molecular flexibility index (Phi) is 14.1. The Bertz CT molecular complexity index is 3010. The molecular weight excluding hydrogens is 811 g/mol. The van der Waals surface area contributed by atoms with Crippen molar-refractivity contribution in [3.8, 4) is 34.5 Å². The van der Waals surface area contributed by atoms with Gasteiger partial charge in [-0.15, -0.1) is 0 Å². The Morgan fingerprint density at radius 3 is 1.25 bits per heavy atom. The first-order valence-electron chi connectivity index (χ1n) is 21.3. The molecule has 0 atom stereocenters. The summed E-state index contributed by atoms with van der Waals surface area (Å²) in [7, 11) is 0. The van der Waals surface area contributed by atoms with Gasteiger partial charge in [-0.2, -0.15) is 0 Å². The van der Waals surface area contributed by atoms with Crippen molar-refractivity contribution in [3.05, 3.63) is 234 Å². The number of carbonyl (C=O) groups is 2. The van der Waals surface area contributed by atoms with Crippen molar-refractivity contribution >= 4 is 39.1 Å². The Hall–Kier alpha value is -8.36. The number of nitrogens with one attached hydrogen (secondary N) is 1. The molecule has 0 bridgehead atoms. The second-order valence-corrected chi connectivity index (χ2v) is 15.5. The van der Waals surface area contributed by atoms with Crippen LogP contribution in [0.15, 0.2) is 206 Å². The highest BCUT2D eigenvalue weighted by atomic mass is 16.5. The molecule has 65 heavy (non-hydrogen) atoms. The lowest BCUT2D eigenvalue weighted by atomic mass is 10.1. The van der Waals surface area contributed by atoms with Crippen LogP contribution >= 0.6 is 0 Å². The maximum Gasteiger partial charge on any atom is 0.307 e. The fraction of sp³-hybridized carbons (Fsp3) is 0.0877. The molecule has 0 heterocycles. The quantitative estimate of drug-likeness (QED) is 0.106. The van der Waals surface area contributed by atoms with Crippen molar-refractivity contribution in [2.75, 3.05) is 5.32 Å². The highest BCUT2D eigenvalue weighted by Crippen LogP contribution is 2.30. The van der Waals surface area contributed by atoms with E-state index in [2.05, 4.69) is 17.4 Å². The molecule has 8 nitrogen and oxygen atoms in total. The second-order valence-electron chi connectivity index (χ2n) is 15.5. The average molecular weight is 858 g/mol. The molecule has 0 aliphatic carbocycles. The number of fused-ring (bicyclic) bond motifs is 2. The summed E-state index contributed by atoms with van der Waals surface area (Å²) in [6.45, 7) is 3.05. The molecule has 2 N–H and O–H groups in total. The summed E-state index contributed by atoms with van der Waals surface area (Å²) in [6, 6.07) is 66.6. The lowest BCUT2D eigenvalue weighted by Gasteiger charge is -2.10. The zero-order valence-corrected chi connectivity index (χ0v) is 35.9. The number of aliphatic carboxylic acids is 1. The number of hydrogen-bond acceptors (Lipinski definition) is 6. The zero-order valence-electron chi connectivity index (χ0n) is 35.9. The summed E-state index contributed by atoms with van der Waals surface area (Å²) in [4.78, 5) is 23.2. The molecule has 1 amide bonds. The Balaban J connectivity index is 0.000000181. The Labute approximate surface area is 378 Å². The van der Waals surface area contributed by atoms with Crippen molar-refractivity contribution in [2.24, 2.45) is 0 Å². The van der Waals surface area contributed by atoms with Crippen LogP contribution in [0.4, 0.5) is 5.69 Å². The van der Waals surface area contributed by atoms with E-state index in [1.807, 2.05) is 177 Å². The molecule has 0 aromatic heterocycles. The molecule has 9 aromatic rings. The normalized spacial score (nSPS) is 10.7. The van der Waals surface area contributed by atoms with Gasteiger partial charge >= 0.3 is 5.97 Å². The van der Waals surface area contributed by atoms with E-state index in [0.29, 0.717) is 25.4 Å². The molecule has 0 fully saturated rings. The highest BCUT2D eigenvalue weighted by Gasteiger charge is 2.09. The molecule has 0 aliphatic rings. The molecular formula is C57H47NO7. The number of ether oxygens (including phenoxy) is 4. The number of carboxylic acid groups (broad SMARTS) is 1. The van der Waals surface area contributed by atoms with Crippen molar-refractivity contribution in [3.63, 3.8) is 0 Å². The largest absolute Gasteiger partial charge is 0.489 e. The van der Waals surface area contributed by atoms with E-state index in [0.717, 1.165) is 83.8 Å². The van der Waals surface area contributed by atoms with E-state index in [1.54, 1.807) is 24.3 Å². The van der Waals surface area contributed by atoms with E-state index < -0.39 is 5.97 Å². The van der Waals surface area contributed by atoms with Crippen LogP contribution in [0, 0.1) is 6.92 Å². The minimum Gasteiger partial charge on any atom is -0.489 e. The van der Waals surface area contributed by atoms with E-state index in [-0.39, 0.29) is 12.3 Å². The van der Waals surface area contributed by atoms with Crippen LogP contribution in [0.1, 0.15) is 27.8 Å². The summed E-state index contributed by atoms with van der Waals surface area (Å²) in [5, 5.41) is 16.1. The molecule has 322 valence electrons. The number of amides is 1. The number of benzene rings is 9. The Morgan fingerprint density at radius 2 is 0.800 bits per heavy atom. The number of rotatable bonds is 15. The molecule has 8 heteroatoms. The smallest absolute Gasteiger partial charge is 0.307 e. The van der Waals surface area contributed by atoms with Gasteiger partial charge in [0.2, 0.25) is 5.91 Å². The van der Waals surface area contributed by atoms with Crippen molar-refractivity contribution < 1.29 is 33.6 Å². The van der Waals surface area contributed by atoms with Crippen molar-refractivity contribution in [2.45, 2.75) is 33.0 Å². The van der Waals surface area contributed by atoms with E-state index >= 15 is 0 Å². The topological polar surface area (TPSA) is 103 Å². The van der Waals surface area contributed by atoms with Crippen LogP contribution in [0.2, 0.25) is 0 Å². The van der Waals surface area contributed by atoms with E-state index in [1.165, 1.54) is 0 Å². The number of carboxylic acids is 1. The lowest BCUT2D eigenvalue weighted by Crippen LogP contribution is -2.15. The predicted octanol–water partition coefficient (Wildman–Crippen LogP) is 13.5. The predicted molar refractivity (Wildman–Crippen MR) is 257 cm³/mol. The van der Waals surface area contributed by atoms with Gasteiger partial charge in [0.1, 0.15) is 47.7 Å². The summed E-state index contributed by atoms with van der Waals surface area (Å²) < 4.78 is 23.8. The molecule has 0 saturated heterocycles. The minimum absolute atomic E-state index is 0.00489. The van der Waals surface area contributed by atoms with Crippen LogP contribution in [-0.2, 0) is 35.6 Å². The molecule has 0 unspecified atom stereocenters. The van der Waals surface area contributed by atoms with Gasteiger partial charge in [0.15, 0.2) is 0 Å². The SMILES string of the molecule is Cc1ccccc1NC(=O)Cc1ccc(Oc2ccc3cc(OCc4ccccc4)ccc3c2)cc1.O=C(O)Cc1ccc(Oc2ccc3cc(OCc4ccccc4)ccc3c2)cc1. The molecule has 9 rings (SSSR count). The lowest BCUT2D eigenvalue weighted by molar-refractivity contribution is -0.136. The fourth-order valence-electron chi connectivity index (χ4n) is 7.08. The monoisotopic (exact) mass is 857 g/mol. The third-order valence-electron chi connectivity index (χ3n) is 10.5. The molecule has 0 spiro atoms. The van der Waals surface area contributed by atoms with Crippen LogP contribution in [-0.4, -0.2) is 17.0 Å². The standard InChI is InChI=1S/C32H27NO3.C25H20O4/c1-23-7-5-6-10-31(23)33-32(34)19-24-11-15-28(16-12-24)36-30-18-14-26-20-29(17-13-27(26)21-30)35-22-25-8-3-2-4-9-25;26-25(27)14-18-6-10-22(11-7-18)29-24-13-9-20-15-23(12-8-21(20)16-24)28-17-19-4-2-1-3-5-19/h2-18,20-21H,19,22H2,1H3,(H,33,34);1-13,15-16H,14,17H2,(H,26,27). The Morgan fingerprint density at radius 1 is 0.415 bits per heavy atom. The number of para-hydroxylation sites is 1. The molecule has 0 radical (unpaired) electrons. The summed E-state index contributed by atoms with van der Waals surface area (Å²) >= 11 is 0. The fourth-order valence-corrected chi connectivity index (χ4v) is 7.08. The third-order valence-corrected chi connectivity index (χ3v) is 10.5. The highest BCUT2D eigenvalue weighted by molar-refractivity contribution is 5.93. The van der Waals surface area contributed by atoms with Crippen LogP contribution in [0.5, 0.6) is 34.5 Å². The number of carbonyl (C=O) groups excluding carboxylic acids is 1. The summed E-state index contributed by atoms with van der Waals surface area (Å²) in [5.74, 6) is 3.64. The first-order valence-corrected chi connectivity index (χ1v) is 21.3. The first kappa shape index (κ1) is 43.3. The van der Waals surface area contributed by atoms with Crippen LogP contribution in [0.25, 0.3) is 21.5 Å². The van der Waals surface area contributed by atoms with Gasteiger partial charge < -0.3 is 29.4 Å². The molecule has 9 aromatic carbocycles. The maximum absolute atomic E-state index is 12.4. The summed E-state index contributed by atoms with van der Waals surface area (Å²) in [6.07, 6.45) is 0.310. The molecule has 0 saturated carbocycles. The average Bonchev–Trinajstić information content (AvgIpc) is 3.33. The first-order chi connectivity index (χ1) is 31.8. The minimum atomic E-state index is -0.847.